The van der Waals surface area contributed by atoms with Crippen molar-refractivity contribution in [1.82, 2.24) is 0 Å². The summed E-state index contributed by atoms with van der Waals surface area (Å²) in [6.45, 7) is -1.16. The van der Waals surface area contributed by atoms with Gasteiger partial charge in [0.15, 0.2) is 0 Å². The molecule has 96 valence electrons. The maximum absolute atomic E-state index is 9.52. The molecule has 0 aromatic heterocycles. The van der Waals surface area contributed by atoms with Gasteiger partial charge in [0.2, 0.25) is 0 Å². The minimum Gasteiger partial charge on any atom is -0.396 e. The van der Waals surface area contributed by atoms with Gasteiger partial charge in [-0.2, -0.15) is 0 Å². The Hall–Kier alpha value is -1.54. The zero-order valence-electron chi connectivity index (χ0n) is 8.90. The summed E-state index contributed by atoms with van der Waals surface area (Å²) >= 11 is 0. The number of azide groups is 2. The highest BCUT2D eigenvalue weighted by molar-refractivity contribution is 4.83. The smallest absolute Gasteiger partial charge is 0.0865 e. The van der Waals surface area contributed by atoms with Gasteiger partial charge in [0, 0.05) is 16.2 Å². The second kappa shape index (κ2) is 8.59. The van der Waals surface area contributed by atoms with Crippen LogP contribution in [0, 0.1) is 0 Å². The van der Waals surface area contributed by atoms with Crippen LogP contribution in [0.2, 0.25) is 0 Å². The molecule has 0 rings (SSSR count). The van der Waals surface area contributed by atoms with Crippen molar-refractivity contribution in [2.45, 2.75) is 30.7 Å². The lowest BCUT2D eigenvalue weighted by Crippen LogP contribution is -2.36. The van der Waals surface area contributed by atoms with Crippen LogP contribution >= 0.6 is 0 Å². The lowest BCUT2D eigenvalue weighted by atomic mass is 10.0. The Bertz CT molecular complexity index is 283. The van der Waals surface area contributed by atoms with Crippen molar-refractivity contribution in [3.05, 3.63) is 20.9 Å². The molecule has 17 heavy (non-hydrogen) atoms. The number of nitrogens with zero attached hydrogens (tertiary/aromatic N) is 6. The second-order valence-corrected chi connectivity index (χ2v) is 3.28. The molecule has 0 unspecified atom stereocenters. The highest BCUT2D eigenvalue weighted by atomic mass is 16.3. The molecule has 0 fully saturated rings. The van der Waals surface area contributed by atoms with E-state index < -0.39 is 37.5 Å². The number of rotatable bonds is 8. The van der Waals surface area contributed by atoms with Crippen LogP contribution in [0.4, 0.5) is 0 Å². The molecule has 4 N–H and O–H groups in total. The van der Waals surface area contributed by atoms with E-state index in [2.05, 4.69) is 20.1 Å². The van der Waals surface area contributed by atoms with E-state index in [0.717, 1.165) is 0 Å². The Morgan fingerprint density at radius 1 is 0.882 bits per heavy atom. The van der Waals surface area contributed by atoms with Crippen LogP contribution in [-0.4, -0.2) is 57.9 Å². The van der Waals surface area contributed by atoms with Gasteiger partial charge < -0.3 is 20.4 Å². The van der Waals surface area contributed by atoms with E-state index >= 15 is 0 Å². The monoisotopic (exact) mass is 246 g/mol. The van der Waals surface area contributed by atoms with Crippen molar-refractivity contribution < 1.29 is 20.4 Å². The van der Waals surface area contributed by atoms with Crippen molar-refractivity contribution in [3.8, 4) is 0 Å². The highest BCUT2D eigenvalue weighted by Gasteiger charge is 2.25. The first-order valence-corrected chi connectivity index (χ1v) is 4.76. The van der Waals surface area contributed by atoms with Gasteiger partial charge in [0.05, 0.1) is 37.5 Å². The molecular formula is C7H14N6O4. The predicted octanol–water partition coefficient (Wildman–Crippen LogP) is -0.559. The van der Waals surface area contributed by atoms with E-state index in [4.69, 9.17) is 21.3 Å². The Kier molecular flexibility index (Phi) is 7.82. The van der Waals surface area contributed by atoms with E-state index in [1.165, 1.54) is 0 Å². The SMILES string of the molecule is [N-]=[N+]=N[C@H](CO)[C@@H](O)C[C@H](O)[C@@H](CO)N=[N+]=[N-]. The fraction of sp³-hybridized carbons (Fsp3) is 1.00. The van der Waals surface area contributed by atoms with Gasteiger partial charge in [-0.15, -0.1) is 0 Å². The quantitative estimate of drug-likeness (QED) is 0.255. The van der Waals surface area contributed by atoms with Gasteiger partial charge in [-0.25, -0.2) is 0 Å². The summed E-state index contributed by atoms with van der Waals surface area (Å²) in [6.07, 6.45) is -2.89. The molecule has 0 aromatic carbocycles. The van der Waals surface area contributed by atoms with E-state index in [1.807, 2.05) is 0 Å². The molecule has 0 aliphatic carbocycles. The van der Waals surface area contributed by atoms with Gasteiger partial charge >= 0.3 is 0 Å². The standard InChI is InChI=1S/C7H14N6O4/c8-12-10-4(2-14)6(16)1-7(17)5(3-15)11-13-9/h4-7,14-17H,1-3H2/t4-,5-,6+,7+/m1/s1. The maximum atomic E-state index is 9.52. The van der Waals surface area contributed by atoms with Crippen LogP contribution in [0.3, 0.4) is 0 Å². The summed E-state index contributed by atoms with van der Waals surface area (Å²) < 4.78 is 0. The summed E-state index contributed by atoms with van der Waals surface area (Å²) in [5, 5.41) is 42.9. The summed E-state index contributed by atoms with van der Waals surface area (Å²) in [4.78, 5) is 4.86. The molecule has 0 heterocycles. The molecule has 4 atom stereocenters. The van der Waals surface area contributed by atoms with Crippen LogP contribution in [0.1, 0.15) is 6.42 Å². The first-order valence-electron chi connectivity index (χ1n) is 4.76. The van der Waals surface area contributed by atoms with Gasteiger partial charge in [-0.3, -0.25) is 0 Å². The third-order valence-electron chi connectivity index (χ3n) is 2.15. The first kappa shape index (κ1) is 15.5. The predicted molar refractivity (Wildman–Crippen MR) is 56.7 cm³/mol. The van der Waals surface area contributed by atoms with Crippen LogP contribution in [0.15, 0.2) is 10.2 Å². The molecule has 0 radical (unpaired) electrons. The summed E-state index contributed by atoms with van der Waals surface area (Å²) in [5.74, 6) is 0. The Balaban J connectivity index is 4.48. The Morgan fingerprint density at radius 2 is 1.24 bits per heavy atom. The van der Waals surface area contributed by atoms with Crippen molar-refractivity contribution in [2.75, 3.05) is 13.2 Å². The first-order chi connectivity index (χ1) is 8.10. The minimum atomic E-state index is -1.30. The summed E-state index contributed by atoms with van der Waals surface area (Å²) in [5.41, 5.74) is 16.3. The average molecular weight is 246 g/mol. The molecule has 0 aromatic rings. The zero-order valence-corrected chi connectivity index (χ0v) is 8.90. The molecule has 10 heteroatoms. The fourth-order valence-electron chi connectivity index (χ4n) is 1.16. The lowest BCUT2D eigenvalue weighted by Gasteiger charge is -2.22. The lowest BCUT2D eigenvalue weighted by molar-refractivity contribution is 0.0305. The normalized spacial score (nSPS) is 17.2. The molecule has 0 aliphatic rings. The maximum Gasteiger partial charge on any atom is 0.0865 e. The van der Waals surface area contributed by atoms with E-state index in [9.17, 15) is 10.2 Å². The van der Waals surface area contributed by atoms with Crippen LogP contribution in [0.25, 0.3) is 20.9 Å². The molecule has 0 bridgehead atoms. The van der Waals surface area contributed by atoms with Crippen LogP contribution < -0.4 is 0 Å². The van der Waals surface area contributed by atoms with Gasteiger partial charge in [-0.1, -0.05) is 10.2 Å². The molecular weight excluding hydrogens is 232 g/mol. The van der Waals surface area contributed by atoms with Gasteiger partial charge in [0.25, 0.3) is 0 Å². The zero-order chi connectivity index (χ0) is 13.3. The number of aliphatic hydroxyl groups excluding tert-OH is 4. The molecule has 10 nitrogen and oxygen atoms in total. The topological polar surface area (TPSA) is 178 Å². The van der Waals surface area contributed by atoms with Crippen LogP contribution in [-0.2, 0) is 0 Å². The average Bonchev–Trinajstić information content (AvgIpc) is 2.32. The number of hydrogen-bond donors (Lipinski definition) is 4. The van der Waals surface area contributed by atoms with E-state index in [-0.39, 0.29) is 6.42 Å². The largest absolute Gasteiger partial charge is 0.396 e. The Labute approximate surface area is 96.4 Å². The molecule has 0 aliphatic heterocycles. The van der Waals surface area contributed by atoms with E-state index in [0.29, 0.717) is 0 Å². The third-order valence-corrected chi connectivity index (χ3v) is 2.15. The van der Waals surface area contributed by atoms with Crippen molar-refractivity contribution in [3.63, 3.8) is 0 Å². The van der Waals surface area contributed by atoms with Crippen molar-refractivity contribution in [2.24, 2.45) is 10.2 Å². The van der Waals surface area contributed by atoms with Gasteiger partial charge in [0.1, 0.15) is 0 Å². The second-order valence-electron chi connectivity index (χ2n) is 3.28. The van der Waals surface area contributed by atoms with Crippen LogP contribution in [0.5, 0.6) is 0 Å². The highest BCUT2D eigenvalue weighted by Crippen LogP contribution is 2.11. The molecule has 0 spiro atoms. The summed E-state index contributed by atoms with van der Waals surface area (Å²) in [6, 6.07) is -2.19. The molecule has 0 saturated heterocycles. The molecule has 0 saturated carbocycles. The molecule has 0 amide bonds. The van der Waals surface area contributed by atoms with E-state index in [1.54, 1.807) is 0 Å². The third kappa shape index (κ3) is 5.36. The number of aliphatic hydroxyl groups is 4. The van der Waals surface area contributed by atoms with Gasteiger partial charge in [-0.05, 0) is 11.1 Å². The Morgan fingerprint density at radius 3 is 1.47 bits per heavy atom. The summed E-state index contributed by atoms with van der Waals surface area (Å²) in [7, 11) is 0. The minimum absolute atomic E-state index is 0.297. The fourth-order valence-corrected chi connectivity index (χ4v) is 1.16. The van der Waals surface area contributed by atoms with Crippen molar-refractivity contribution in [1.29, 1.82) is 0 Å². The number of hydrogen-bond acceptors (Lipinski definition) is 6. The van der Waals surface area contributed by atoms with Crippen molar-refractivity contribution >= 4 is 0 Å².